The Balaban J connectivity index is 2.19. The Hall–Kier alpha value is -2.09. The summed E-state index contributed by atoms with van der Waals surface area (Å²) in [6.45, 7) is 0. The third-order valence-corrected chi connectivity index (χ3v) is 2.50. The van der Waals surface area contributed by atoms with E-state index in [4.69, 9.17) is 0 Å². The highest BCUT2D eigenvalue weighted by Gasteiger charge is 1.98. The van der Waals surface area contributed by atoms with Crippen molar-refractivity contribution in [3.8, 4) is 11.1 Å². The maximum absolute atomic E-state index is 4.22. The largest absolute Gasteiger partial charge is 0.306 e. The SMILES string of the molecule is c1ccc(-c2ccc3nccn3c2)cc1. The van der Waals surface area contributed by atoms with Crippen LogP contribution >= 0.6 is 0 Å². The van der Waals surface area contributed by atoms with E-state index in [1.165, 1.54) is 11.1 Å². The van der Waals surface area contributed by atoms with Crippen molar-refractivity contribution in [1.29, 1.82) is 0 Å². The number of aromatic nitrogens is 2. The lowest BCUT2D eigenvalue weighted by molar-refractivity contribution is 1.19. The molecule has 0 bridgehead atoms. The molecule has 1 aromatic carbocycles. The van der Waals surface area contributed by atoms with Crippen LogP contribution in [0, 0.1) is 0 Å². The van der Waals surface area contributed by atoms with Gasteiger partial charge in [0.2, 0.25) is 0 Å². The molecule has 0 amide bonds. The van der Waals surface area contributed by atoms with Crippen molar-refractivity contribution in [2.75, 3.05) is 0 Å². The molecule has 2 heteroatoms. The first-order chi connectivity index (χ1) is 7.43. The van der Waals surface area contributed by atoms with E-state index >= 15 is 0 Å². The van der Waals surface area contributed by atoms with Gasteiger partial charge in [0, 0.05) is 18.6 Å². The highest BCUT2D eigenvalue weighted by atomic mass is 15.0. The summed E-state index contributed by atoms with van der Waals surface area (Å²) in [6, 6.07) is 14.5. The molecule has 2 heterocycles. The number of hydrogen-bond acceptors (Lipinski definition) is 1. The Bertz CT molecular complexity index is 582. The quantitative estimate of drug-likeness (QED) is 0.582. The minimum Gasteiger partial charge on any atom is -0.306 e. The van der Waals surface area contributed by atoms with Gasteiger partial charge in [0.1, 0.15) is 5.65 Å². The molecule has 2 nitrogen and oxygen atoms in total. The Morgan fingerprint density at radius 2 is 1.73 bits per heavy atom. The Morgan fingerprint density at radius 1 is 0.867 bits per heavy atom. The molecule has 0 N–H and O–H groups in total. The molecule has 0 unspecified atom stereocenters. The first-order valence-corrected chi connectivity index (χ1v) is 4.92. The molecule has 0 spiro atoms. The molecule has 0 fully saturated rings. The Morgan fingerprint density at radius 3 is 2.60 bits per heavy atom. The van der Waals surface area contributed by atoms with E-state index in [0.29, 0.717) is 0 Å². The second-order valence-corrected chi connectivity index (χ2v) is 3.48. The van der Waals surface area contributed by atoms with E-state index in [2.05, 4.69) is 29.4 Å². The summed E-state index contributed by atoms with van der Waals surface area (Å²) in [5, 5.41) is 0. The monoisotopic (exact) mass is 194 g/mol. The van der Waals surface area contributed by atoms with Gasteiger partial charge in [0.25, 0.3) is 0 Å². The van der Waals surface area contributed by atoms with Crippen LogP contribution in [0.3, 0.4) is 0 Å². The van der Waals surface area contributed by atoms with Gasteiger partial charge in [0.05, 0.1) is 0 Å². The van der Waals surface area contributed by atoms with Crippen LogP contribution in [0.1, 0.15) is 0 Å². The van der Waals surface area contributed by atoms with Crippen molar-refractivity contribution in [2.45, 2.75) is 0 Å². The van der Waals surface area contributed by atoms with Crippen LogP contribution < -0.4 is 0 Å². The number of fused-ring (bicyclic) bond motifs is 1. The van der Waals surface area contributed by atoms with Crippen LogP contribution in [-0.4, -0.2) is 9.38 Å². The summed E-state index contributed by atoms with van der Waals surface area (Å²) in [4.78, 5) is 4.22. The summed E-state index contributed by atoms with van der Waals surface area (Å²) in [5.74, 6) is 0. The van der Waals surface area contributed by atoms with Crippen molar-refractivity contribution in [3.05, 3.63) is 61.1 Å². The zero-order valence-electron chi connectivity index (χ0n) is 8.17. The number of benzene rings is 1. The first kappa shape index (κ1) is 8.24. The lowest BCUT2D eigenvalue weighted by Crippen LogP contribution is -1.84. The number of imidazole rings is 1. The minimum absolute atomic E-state index is 0.981. The van der Waals surface area contributed by atoms with Gasteiger partial charge in [-0.2, -0.15) is 0 Å². The van der Waals surface area contributed by atoms with Crippen LogP contribution in [0.25, 0.3) is 16.8 Å². The summed E-state index contributed by atoms with van der Waals surface area (Å²) in [6.07, 6.45) is 5.86. The maximum atomic E-state index is 4.22. The average molecular weight is 194 g/mol. The fraction of sp³-hybridized carbons (Fsp3) is 0. The predicted molar refractivity (Wildman–Crippen MR) is 60.6 cm³/mol. The van der Waals surface area contributed by atoms with Crippen LogP contribution in [0.15, 0.2) is 61.1 Å². The summed E-state index contributed by atoms with van der Waals surface area (Å²) in [7, 11) is 0. The van der Waals surface area contributed by atoms with Gasteiger partial charge in [0.15, 0.2) is 0 Å². The zero-order chi connectivity index (χ0) is 10.1. The van der Waals surface area contributed by atoms with Crippen molar-refractivity contribution in [2.24, 2.45) is 0 Å². The minimum atomic E-state index is 0.981. The third-order valence-electron chi connectivity index (χ3n) is 2.50. The standard InChI is InChI=1S/C13H10N2/c1-2-4-11(5-3-1)12-6-7-13-14-8-9-15(13)10-12/h1-10H. The topological polar surface area (TPSA) is 17.3 Å². The molecular weight excluding hydrogens is 184 g/mol. The lowest BCUT2D eigenvalue weighted by Gasteiger charge is -2.01. The van der Waals surface area contributed by atoms with Crippen molar-refractivity contribution < 1.29 is 0 Å². The second-order valence-electron chi connectivity index (χ2n) is 3.48. The smallest absolute Gasteiger partial charge is 0.136 e. The van der Waals surface area contributed by atoms with Crippen LogP contribution in [-0.2, 0) is 0 Å². The van der Waals surface area contributed by atoms with Gasteiger partial charge in [-0.25, -0.2) is 4.98 Å². The molecule has 0 aliphatic rings. The molecule has 0 saturated heterocycles. The molecule has 15 heavy (non-hydrogen) atoms. The van der Waals surface area contributed by atoms with Crippen LogP contribution in [0.4, 0.5) is 0 Å². The number of hydrogen-bond donors (Lipinski definition) is 0. The van der Waals surface area contributed by atoms with Gasteiger partial charge in [-0.3, -0.25) is 0 Å². The molecule has 0 aliphatic heterocycles. The first-order valence-electron chi connectivity index (χ1n) is 4.92. The zero-order valence-corrected chi connectivity index (χ0v) is 8.17. The Kier molecular flexibility index (Phi) is 1.78. The number of pyridine rings is 1. The highest BCUT2D eigenvalue weighted by Crippen LogP contribution is 2.18. The second kappa shape index (κ2) is 3.24. The van der Waals surface area contributed by atoms with Gasteiger partial charge in [-0.05, 0) is 23.3 Å². The van der Waals surface area contributed by atoms with Crippen LogP contribution in [0.5, 0.6) is 0 Å². The summed E-state index contributed by atoms with van der Waals surface area (Å²) < 4.78 is 2.03. The van der Waals surface area contributed by atoms with E-state index in [1.54, 1.807) is 0 Å². The fourth-order valence-electron chi connectivity index (χ4n) is 1.72. The van der Waals surface area contributed by atoms with E-state index < -0.39 is 0 Å². The van der Waals surface area contributed by atoms with Gasteiger partial charge in [-0.1, -0.05) is 30.3 Å². The average Bonchev–Trinajstić information content (AvgIpc) is 2.77. The third kappa shape index (κ3) is 1.40. The Labute approximate surface area is 87.8 Å². The molecule has 0 aliphatic carbocycles. The molecule has 3 aromatic rings. The molecule has 0 radical (unpaired) electrons. The number of nitrogens with zero attached hydrogens (tertiary/aromatic N) is 2. The molecule has 0 saturated carbocycles. The lowest BCUT2D eigenvalue weighted by atomic mass is 10.1. The normalized spacial score (nSPS) is 10.7. The fourth-order valence-corrected chi connectivity index (χ4v) is 1.72. The predicted octanol–water partition coefficient (Wildman–Crippen LogP) is 3.00. The van der Waals surface area contributed by atoms with Crippen LogP contribution in [0.2, 0.25) is 0 Å². The van der Waals surface area contributed by atoms with E-state index in [9.17, 15) is 0 Å². The van der Waals surface area contributed by atoms with E-state index in [1.807, 2.05) is 41.1 Å². The summed E-state index contributed by atoms with van der Waals surface area (Å²) >= 11 is 0. The molecular formula is C13H10N2. The molecule has 72 valence electrons. The molecule has 3 rings (SSSR count). The molecule has 0 atom stereocenters. The highest BCUT2D eigenvalue weighted by molar-refractivity contribution is 5.64. The van der Waals surface area contributed by atoms with Crippen molar-refractivity contribution in [1.82, 2.24) is 9.38 Å². The van der Waals surface area contributed by atoms with Crippen molar-refractivity contribution >= 4 is 5.65 Å². The van der Waals surface area contributed by atoms with Gasteiger partial charge < -0.3 is 4.40 Å². The summed E-state index contributed by atoms with van der Waals surface area (Å²) in [5.41, 5.74) is 3.42. The van der Waals surface area contributed by atoms with E-state index in [0.717, 1.165) is 5.65 Å². The van der Waals surface area contributed by atoms with Crippen molar-refractivity contribution in [3.63, 3.8) is 0 Å². The van der Waals surface area contributed by atoms with Gasteiger partial charge in [-0.15, -0.1) is 0 Å². The van der Waals surface area contributed by atoms with Gasteiger partial charge >= 0.3 is 0 Å². The molecule has 2 aromatic heterocycles. The van der Waals surface area contributed by atoms with E-state index in [-0.39, 0.29) is 0 Å². The number of rotatable bonds is 1. The maximum Gasteiger partial charge on any atom is 0.136 e.